The van der Waals surface area contributed by atoms with E-state index in [1.165, 1.54) is 12.4 Å². The van der Waals surface area contributed by atoms with Gasteiger partial charge in [-0.15, -0.1) is 0 Å². The molecule has 2 aliphatic heterocycles. The van der Waals surface area contributed by atoms with Crippen molar-refractivity contribution < 1.29 is 24.2 Å². The Hall–Kier alpha value is -5.19. The molecule has 3 aromatic heterocycles. The summed E-state index contributed by atoms with van der Waals surface area (Å²) in [5.74, 6) is 3.68. The second-order valence-corrected chi connectivity index (χ2v) is 15.9. The van der Waals surface area contributed by atoms with Crippen molar-refractivity contribution >= 4 is 53.2 Å². The third-order valence-corrected chi connectivity index (χ3v) is 10.8. The standard InChI is InChI=1S/C21H28N8O2.C18H28N4O3/c1-5-28(4)17-14(10-22)23-12-16(25-17)26-20-24-11-15-18(27-20)29(13-8-6-7-9-13)19(30)21(2,3)31-15;1-5-13(11(2)23)20-17-19-10-14-15(21-17)22(12-8-6-7-9-12)16(24)18(3,4)25-14/h10-13,22H,5-9H2,1-4H3,(H,24,25,26,27);10-13,23H,5-9H2,1-4H3,(H,19,20,21). The molecule has 17 nitrogen and oxygen atoms in total. The maximum Gasteiger partial charge on any atom is 0.272 e. The maximum absolute atomic E-state index is 13.2. The zero-order valence-electron chi connectivity index (χ0n) is 33.8. The zero-order chi connectivity index (χ0) is 40.4. The van der Waals surface area contributed by atoms with E-state index in [-0.39, 0.29) is 29.9 Å². The molecule has 2 fully saturated rings. The number of ether oxygens (including phenoxy) is 2. The Kier molecular flexibility index (Phi) is 11.9. The lowest BCUT2D eigenvalue weighted by molar-refractivity contribution is -0.133. The fourth-order valence-electron chi connectivity index (χ4n) is 7.58. The monoisotopic (exact) mass is 772 g/mol. The Morgan fingerprint density at radius 3 is 1.82 bits per heavy atom. The fraction of sp³-hybridized carbons (Fsp3) is 0.615. The number of carbonyl (C=O) groups excluding carboxylic acids is 2. The Bertz CT molecular complexity index is 1910. The Labute approximate surface area is 328 Å². The molecule has 3 aromatic rings. The predicted molar refractivity (Wildman–Crippen MR) is 214 cm³/mol. The molecule has 2 saturated carbocycles. The first kappa shape index (κ1) is 40.5. The SMILES string of the molecule is CCC(Nc1ncc2c(n1)N(C1CCCC1)C(=O)C(C)(C)O2)C(C)O.CCN(C)c1nc(Nc2ncc3c(n2)N(C2CCCC2)C(=O)C(C)(C)O3)cnc1C=N. The molecule has 2 amide bonds. The van der Waals surface area contributed by atoms with Crippen LogP contribution in [0.4, 0.5) is 35.2 Å². The van der Waals surface area contributed by atoms with Crippen molar-refractivity contribution in [1.29, 1.82) is 5.41 Å². The van der Waals surface area contributed by atoms with E-state index in [0.717, 1.165) is 64.3 Å². The summed E-state index contributed by atoms with van der Waals surface area (Å²) in [6.07, 6.45) is 14.5. The van der Waals surface area contributed by atoms with Crippen LogP contribution >= 0.6 is 0 Å². The largest absolute Gasteiger partial charge is 0.472 e. The second-order valence-electron chi connectivity index (χ2n) is 15.9. The Morgan fingerprint density at radius 2 is 1.36 bits per heavy atom. The van der Waals surface area contributed by atoms with Gasteiger partial charge >= 0.3 is 0 Å². The number of nitrogens with zero attached hydrogens (tertiary/aromatic N) is 9. The predicted octanol–water partition coefficient (Wildman–Crippen LogP) is 5.41. The zero-order valence-corrected chi connectivity index (χ0v) is 33.8. The molecule has 0 spiro atoms. The van der Waals surface area contributed by atoms with Gasteiger partial charge in [-0.25, -0.2) is 19.9 Å². The third kappa shape index (κ3) is 8.32. The lowest BCUT2D eigenvalue weighted by Gasteiger charge is -2.40. The van der Waals surface area contributed by atoms with Gasteiger partial charge in [0.15, 0.2) is 46.0 Å². The third-order valence-electron chi connectivity index (χ3n) is 10.8. The van der Waals surface area contributed by atoms with E-state index in [1.54, 1.807) is 51.9 Å². The van der Waals surface area contributed by atoms with Gasteiger partial charge in [-0.05, 0) is 73.6 Å². The summed E-state index contributed by atoms with van der Waals surface area (Å²) in [7, 11) is 1.89. The highest BCUT2D eigenvalue weighted by atomic mass is 16.5. The van der Waals surface area contributed by atoms with Crippen molar-refractivity contribution in [3.63, 3.8) is 0 Å². The molecule has 302 valence electrons. The molecule has 2 unspecified atom stereocenters. The molecule has 5 heterocycles. The minimum atomic E-state index is -0.957. The number of aliphatic hydroxyl groups excluding tert-OH is 1. The number of aromatic nitrogens is 6. The smallest absolute Gasteiger partial charge is 0.272 e. The van der Waals surface area contributed by atoms with Crippen LogP contribution in [0.5, 0.6) is 11.5 Å². The maximum atomic E-state index is 13.2. The van der Waals surface area contributed by atoms with Crippen LogP contribution < -0.4 is 34.8 Å². The number of anilines is 6. The summed E-state index contributed by atoms with van der Waals surface area (Å²) in [5, 5.41) is 23.6. The normalized spacial score (nSPS) is 19.8. The highest BCUT2D eigenvalue weighted by Gasteiger charge is 2.47. The Balaban J connectivity index is 0.000000194. The molecule has 17 heteroatoms. The summed E-state index contributed by atoms with van der Waals surface area (Å²) in [5.41, 5.74) is -1.39. The molecular weight excluding hydrogens is 717 g/mol. The van der Waals surface area contributed by atoms with Crippen LogP contribution in [-0.4, -0.2) is 102 Å². The summed E-state index contributed by atoms with van der Waals surface area (Å²) in [4.78, 5) is 58.4. The average molecular weight is 773 g/mol. The molecule has 7 rings (SSSR count). The summed E-state index contributed by atoms with van der Waals surface area (Å²) in [6.45, 7) is 13.6. The number of fused-ring (bicyclic) bond motifs is 2. The lowest BCUT2D eigenvalue weighted by Crippen LogP contribution is -2.56. The van der Waals surface area contributed by atoms with Gasteiger partial charge in [0.05, 0.1) is 30.7 Å². The van der Waals surface area contributed by atoms with E-state index in [0.29, 0.717) is 52.4 Å². The van der Waals surface area contributed by atoms with Crippen LogP contribution in [0.3, 0.4) is 0 Å². The average Bonchev–Trinajstić information content (AvgIpc) is 3.91. The van der Waals surface area contributed by atoms with Crippen molar-refractivity contribution in [3.05, 3.63) is 24.3 Å². The molecule has 4 aliphatic rings. The van der Waals surface area contributed by atoms with Crippen molar-refractivity contribution in [2.45, 2.75) is 142 Å². The second kappa shape index (κ2) is 16.5. The molecule has 0 saturated heterocycles. The quantitative estimate of drug-likeness (QED) is 0.180. The van der Waals surface area contributed by atoms with E-state index < -0.39 is 17.3 Å². The van der Waals surface area contributed by atoms with Gasteiger partial charge in [0.1, 0.15) is 5.69 Å². The summed E-state index contributed by atoms with van der Waals surface area (Å²) >= 11 is 0. The summed E-state index contributed by atoms with van der Waals surface area (Å²) in [6, 6.07) is 0.138. The van der Waals surface area contributed by atoms with Gasteiger partial charge < -0.3 is 35.5 Å². The minimum Gasteiger partial charge on any atom is -0.472 e. The number of rotatable bonds is 11. The number of carbonyl (C=O) groups is 2. The van der Waals surface area contributed by atoms with E-state index in [4.69, 9.17) is 14.9 Å². The molecule has 0 aromatic carbocycles. The van der Waals surface area contributed by atoms with Crippen LogP contribution in [0.15, 0.2) is 18.6 Å². The highest BCUT2D eigenvalue weighted by molar-refractivity contribution is 6.02. The van der Waals surface area contributed by atoms with Gasteiger partial charge in [0.25, 0.3) is 11.8 Å². The van der Waals surface area contributed by atoms with E-state index >= 15 is 0 Å². The highest BCUT2D eigenvalue weighted by Crippen LogP contribution is 2.42. The molecule has 56 heavy (non-hydrogen) atoms. The number of nitrogens with one attached hydrogen (secondary N) is 3. The van der Waals surface area contributed by atoms with Crippen molar-refractivity contribution in [3.8, 4) is 11.5 Å². The first-order valence-electron chi connectivity index (χ1n) is 19.8. The fourth-order valence-corrected chi connectivity index (χ4v) is 7.58. The van der Waals surface area contributed by atoms with Crippen LogP contribution in [0.1, 0.15) is 112 Å². The number of aliphatic hydroxyl groups is 1. The molecule has 0 radical (unpaired) electrons. The first-order chi connectivity index (χ1) is 26.7. The summed E-state index contributed by atoms with van der Waals surface area (Å²) < 4.78 is 11.8. The molecule has 4 N–H and O–H groups in total. The van der Waals surface area contributed by atoms with Crippen LogP contribution in [-0.2, 0) is 9.59 Å². The van der Waals surface area contributed by atoms with Crippen LogP contribution in [0, 0.1) is 5.41 Å². The van der Waals surface area contributed by atoms with Crippen LogP contribution in [0.25, 0.3) is 0 Å². The van der Waals surface area contributed by atoms with Gasteiger partial charge in [-0.1, -0.05) is 32.6 Å². The number of amides is 2. The van der Waals surface area contributed by atoms with E-state index in [1.807, 2.05) is 30.7 Å². The van der Waals surface area contributed by atoms with Gasteiger partial charge in [-0.3, -0.25) is 19.4 Å². The number of hydrogen-bond acceptors (Lipinski definition) is 15. The molecule has 2 atom stereocenters. The number of hydrogen-bond donors (Lipinski definition) is 4. The van der Waals surface area contributed by atoms with E-state index in [9.17, 15) is 14.7 Å². The topological polar surface area (TPSA) is 208 Å². The first-order valence-corrected chi connectivity index (χ1v) is 19.8. The van der Waals surface area contributed by atoms with E-state index in [2.05, 4.69) is 40.5 Å². The van der Waals surface area contributed by atoms with Crippen molar-refractivity contribution in [2.24, 2.45) is 0 Å². The van der Waals surface area contributed by atoms with Crippen molar-refractivity contribution in [2.75, 3.05) is 38.9 Å². The molecule has 2 aliphatic carbocycles. The molecule has 0 bridgehead atoms. The molecular formula is C39H56N12O5. The van der Waals surface area contributed by atoms with Crippen LogP contribution in [0.2, 0.25) is 0 Å². The minimum absolute atomic E-state index is 0.0564. The van der Waals surface area contributed by atoms with Gasteiger partial charge in [0, 0.05) is 31.9 Å². The van der Waals surface area contributed by atoms with Gasteiger partial charge in [0.2, 0.25) is 11.9 Å². The van der Waals surface area contributed by atoms with Crippen molar-refractivity contribution in [1.82, 2.24) is 29.9 Å². The lowest BCUT2D eigenvalue weighted by atomic mass is 10.0. The Morgan fingerprint density at radius 1 is 0.857 bits per heavy atom. The van der Waals surface area contributed by atoms with Gasteiger partial charge in [-0.2, -0.15) is 9.97 Å².